The van der Waals surface area contributed by atoms with Crippen LogP contribution in [0, 0.1) is 0 Å². The Kier molecular flexibility index (Phi) is 1.76. The van der Waals surface area contributed by atoms with E-state index in [1.807, 2.05) is 12.2 Å². The summed E-state index contributed by atoms with van der Waals surface area (Å²) >= 11 is 1.72. The number of rotatable bonds is 0. The molecule has 1 aliphatic rings. The molecule has 0 nitrogen and oxygen atoms in total. The molecule has 7 heavy (non-hydrogen) atoms. The van der Waals surface area contributed by atoms with Crippen LogP contribution in [0.1, 0.15) is 0 Å². The zero-order valence-electron chi connectivity index (χ0n) is 3.83. The van der Waals surface area contributed by atoms with Crippen LogP contribution in [0.3, 0.4) is 0 Å². The monoisotopic (exact) mass is 198 g/mol. The van der Waals surface area contributed by atoms with Gasteiger partial charge in [0, 0.05) is 0 Å². The molecule has 0 unspecified atom stereocenters. The van der Waals surface area contributed by atoms with E-state index >= 15 is 0 Å². The average Bonchev–Trinajstić information content (AvgIpc) is 2.14. The van der Waals surface area contributed by atoms with E-state index in [0.717, 1.165) is 0 Å². The van der Waals surface area contributed by atoms with Crippen molar-refractivity contribution < 1.29 is 0 Å². The molecule has 1 aliphatic carbocycles. The molecule has 1 rings (SSSR count). The Labute approximate surface area is 57.1 Å². The second-order valence-corrected chi connectivity index (χ2v) is 2.08. The Balaban J connectivity index is 2.79. The van der Waals surface area contributed by atoms with E-state index in [1.165, 1.54) is 5.57 Å². The minimum atomic E-state index is 1.33. The van der Waals surface area contributed by atoms with Gasteiger partial charge in [-0.25, -0.2) is 0 Å². The summed E-state index contributed by atoms with van der Waals surface area (Å²) in [6, 6.07) is 0. The molecule has 0 spiro atoms. The first-order valence-corrected chi connectivity index (χ1v) is 3.60. The minimum absolute atomic E-state index is 1.33. The van der Waals surface area contributed by atoms with E-state index < -0.39 is 0 Å². The molecule has 0 fully saturated rings. The van der Waals surface area contributed by atoms with E-state index in [1.54, 1.807) is 23.0 Å². The van der Waals surface area contributed by atoms with Gasteiger partial charge in [-0.15, -0.1) is 0 Å². The van der Waals surface area contributed by atoms with Crippen LogP contribution >= 0.6 is 0 Å². The van der Waals surface area contributed by atoms with Gasteiger partial charge in [0.2, 0.25) is 0 Å². The standard InChI is InChI=1S/C6H5.Sb/c1-6-4-2-3-5-6;/h1-5H;. The third kappa shape index (κ3) is 1.21. The summed E-state index contributed by atoms with van der Waals surface area (Å²) in [7, 11) is 0. The molecular formula is C6H5Sb. The zero-order chi connectivity index (χ0) is 5.11. The fraction of sp³-hybridized carbons (Fsp3) is 0. The van der Waals surface area contributed by atoms with Crippen LogP contribution in [0.4, 0.5) is 0 Å². The van der Waals surface area contributed by atoms with Gasteiger partial charge in [0.25, 0.3) is 0 Å². The third-order valence-electron chi connectivity index (χ3n) is 0.838. The van der Waals surface area contributed by atoms with Crippen LogP contribution in [0.25, 0.3) is 0 Å². The molecule has 1 heteroatoms. The van der Waals surface area contributed by atoms with Gasteiger partial charge in [-0.1, -0.05) is 0 Å². The summed E-state index contributed by atoms with van der Waals surface area (Å²) in [5.74, 6) is 0. The van der Waals surface area contributed by atoms with Crippen molar-refractivity contribution in [2.45, 2.75) is 0 Å². The summed E-state index contributed by atoms with van der Waals surface area (Å²) in [6.45, 7) is 0. The van der Waals surface area contributed by atoms with Crippen molar-refractivity contribution in [3.8, 4) is 0 Å². The van der Waals surface area contributed by atoms with Gasteiger partial charge in [0.1, 0.15) is 0 Å². The fourth-order valence-corrected chi connectivity index (χ4v) is 0.966. The van der Waals surface area contributed by atoms with Crippen molar-refractivity contribution in [1.82, 2.24) is 0 Å². The van der Waals surface area contributed by atoms with E-state index in [9.17, 15) is 0 Å². The number of allylic oxidation sites excluding steroid dienone is 5. The van der Waals surface area contributed by atoms with Crippen LogP contribution in [-0.2, 0) is 0 Å². The maximum absolute atomic E-state index is 2.13. The Hall–Kier alpha value is 0.0382. The molecule has 2 radical (unpaired) electrons. The van der Waals surface area contributed by atoms with Crippen molar-refractivity contribution in [2.75, 3.05) is 0 Å². The van der Waals surface area contributed by atoms with Crippen LogP contribution in [-0.4, -0.2) is 23.0 Å². The van der Waals surface area contributed by atoms with E-state index in [-0.39, 0.29) is 0 Å². The van der Waals surface area contributed by atoms with Gasteiger partial charge < -0.3 is 0 Å². The van der Waals surface area contributed by atoms with Crippen molar-refractivity contribution >= 4 is 23.0 Å². The summed E-state index contributed by atoms with van der Waals surface area (Å²) in [5, 5.41) is 0. The SMILES string of the molecule is [Sb][CH]=C1C=CC=C1. The quantitative estimate of drug-likeness (QED) is 0.513. The van der Waals surface area contributed by atoms with Crippen molar-refractivity contribution in [3.63, 3.8) is 0 Å². The predicted molar refractivity (Wildman–Crippen MR) is 32.1 cm³/mol. The summed E-state index contributed by atoms with van der Waals surface area (Å²) < 4.78 is 2.13. The Morgan fingerprint density at radius 3 is 2.14 bits per heavy atom. The normalized spacial score (nSPS) is 15.9. The molecule has 0 heterocycles. The second-order valence-electron chi connectivity index (χ2n) is 1.35. The van der Waals surface area contributed by atoms with Gasteiger partial charge in [-0.2, -0.15) is 0 Å². The van der Waals surface area contributed by atoms with Crippen molar-refractivity contribution in [1.29, 1.82) is 0 Å². The molecule has 0 bridgehead atoms. The molecule has 0 aliphatic heterocycles. The Morgan fingerprint density at radius 2 is 1.86 bits per heavy atom. The van der Waals surface area contributed by atoms with Crippen LogP contribution < -0.4 is 0 Å². The molecule has 0 aromatic heterocycles. The van der Waals surface area contributed by atoms with Crippen LogP contribution in [0.2, 0.25) is 0 Å². The van der Waals surface area contributed by atoms with Gasteiger partial charge in [-0.3, -0.25) is 0 Å². The topological polar surface area (TPSA) is 0 Å². The first kappa shape index (κ1) is 5.18. The summed E-state index contributed by atoms with van der Waals surface area (Å²) in [6.07, 6.45) is 8.28. The Bertz CT molecular complexity index is 126. The molecule has 0 saturated carbocycles. The number of hydrogen-bond donors (Lipinski definition) is 0. The van der Waals surface area contributed by atoms with Gasteiger partial charge in [0.15, 0.2) is 0 Å². The zero-order valence-corrected chi connectivity index (χ0v) is 6.39. The van der Waals surface area contributed by atoms with E-state index in [2.05, 4.69) is 16.2 Å². The molecule has 34 valence electrons. The van der Waals surface area contributed by atoms with Crippen molar-refractivity contribution in [3.05, 3.63) is 33.9 Å². The molecule has 0 amide bonds. The van der Waals surface area contributed by atoms with Gasteiger partial charge in [-0.05, 0) is 0 Å². The van der Waals surface area contributed by atoms with Crippen LogP contribution in [0.5, 0.6) is 0 Å². The molecule has 0 atom stereocenters. The average molecular weight is 199 g/mol. The summed E-state index contributed by atoms with van der Waals surface area (Å²) in [5.41, 5.74) is 1.33. The maximum atomic E-state index is 2.13. The van der Waals surface area contributed by atoms with E-state index in [0.29, 0.717) is 0 Å². The predicted octanol–water partition coefficient (Wildman–Crippen LogP) is 1.16. The van der Waals surface area contributed by atoms with Crippen molar-refractivity contribution in [2.24, 2.45) is 0 Å². The van der Waals surface area contributed by atoms with Crippen LogP contribution in [0.15, 0.2) is 33.9 Å². The second kappa shape index (κ2) is 2.37. The first-order valence-electron chi connectivity index (χ1n) is 2.12. The molecule has 0 aromatic carbocycles. The van der Waals surface area contributed by atoms with Gasteiger partial charge >= 0.3 is 56.9 Å². The fourth-order valence-electron chi connectivity index (χ4n) is 0.475. The third-order valence-corrected chi connectivity index (χ3v) is 1.69. The molecular weight excluding hydrogens is 194 g/mol. The summed E-state index contributed by atoms with van der Waals surface area (Å²) in [4.78, 5) is 0. The molecule has 0 N–H and O–H groups in total. The Morgan fingerprint density at radius 1 is 1.29 bits per heavy atom. The molecule has 0 saturated heterocycles. The number of hydrogen-bond acceptors (Lipinski definition) is 0. The van der Waals surface area contributed by atoms with E-state index in [4.69, 9.17) is 0 Å². The molecule has 0 aromatic rings. The first-order chi connectivity index (χ1) is 3.43. The van der Waals surface area contributed by atoms with Gasteiger partial charge in [0.05, 0.1) is 0 Å².